The zero-order valence-corrected chi connectivity index (χ0v) is 17.1. The molecule has 0 saturated heterocycles. The second kappa shape index (κ2) is 7.54. The lowest BCUT2D eigenvalue weighted by atomic mass is 10.0. The van der Waals surface area contributed by atoms with E-state index in [-0.39, 0.29) is 17.2 Å². The third-order valence-electron chi connectivity index (χ3n) is 5.26. The minimum atomic E-state index is -0.323. The second-order valence-electron chi connectivity index (χ2n) is 7.27. The minimum Gasteiger partial charge on any atom is -0.323 e. The Kier molecular flexibility index (Phi) is 4.90. The van der Waals surface area contributed by atoms with Gasteiger partial charge in [-0.15, -0.1) is 0 Å². The summed E-state index contributed by atoms with van der Waals surface area (Å²) in [5.74, 6) is 6.11. The number of fused-ring (bicyclic) bond motifs is 1. The van der Waals surface area contributed by atoms with Crippen molar-refractivity contribution in [3.63, 3.8) is 0 Å². The molecule has 0 saturated carbocycles. The fourth-order valence-electron chi connectivity index (χ4n) is 3.53. The molecule has 0 aliphatic carbocycles. The van der Waals surface area contributed by atoms with E-state index >= 15 is 0 Å². The minimum absolute atomic E-state index is 0.132. The first-order valence-corrected chi connectivity index (χ1v) is 9.63. The van der Waals surface area contributed by atoms with Gasteiger partial charge in [0.2, 0.25) is 0 Å². The van der Waals surface area contributed by atoms with Gasteiger partial charge < -0.3 is 5.73 Å². The van der Waals surface area contributed by atoms with Crippen molar-refractivity contribution < 1.29 is 0 Å². The molecule has 0 aliphatic heterocycles. The van der Waals surface area contributed by atoms with E-state index in [1.165, 1.54) is 10.7 Å². The lowest BCUT2D eigenvalue weighted by Gasteiger charge is -2.17. The van der Waals surface area contributed by atoms with Crippen molar-refractivity contribution in [1.82, 2.24) is 13.9 Å². The van der Waals surface area contributed by atoms with Crippen LogP contribution in [0.1, 0.15) is 29.9 Å². The van der Waals surface area contributed by atoms with Crippen LogP contribution in [-0.4, -0.2) is 13.9 Å². The van der Waals surface area contributed by atoms with Crippen LogP contribution >= 0.6 is 0 Å². The molecule has 30 heavy (non-hydrogen) atoms. The van der Waals surface area contributed by atoms with Crippen molar-refractivity contribution in [2.75, 3.05) is 0 Å². The van der Waals surface area contributed by atoms with E-state index in [1.54, 1.807) is 23.3 Å². The van der Waals surface area contributed by atoms with Crippen molar-refractivity contribution in [2.24, 2.45) is 19.8 Å². The number of hydrogen-bond donors (Lipinski definition) is 1. The SMILES string of the molecule is C[C@H](N)c1cc2cccc(C#Cc3cc(=O)n(C)n3C)c2c(=O)n1-c1ccccc1. The second-order valence-corrected chi connectivity index (χ2v) is 7.27. The number of benzene rings is 2. The monoisotopic (exact) mass is 398 g/mol. The van der Waals surface area contributed by atoms with E-state index in [0.717, 1.165) is 16.8 Å². The first-order chi connectivity index (χ1) is 14.4. The maximum absolute atomic E-state index is 13.6. The molecule has 2 aromatic carbocycles. The zero-order valence-electron chi connectivity index (χ0n) is 17.1. The van der Waals surface area contributed by atoms with E-state index in [9.17, 15) is 9.59 Å². The Hall–Kier alpha value is -3.82. The molecule has 4 rings (SSSR count). The Morgan fingerprint density at radius 3 is 2.27 bits per heavy atom. The summed E-state index contributed by atoms with van der Waals surface area (Å²) in [5, 5.41) is 1.31. The lowest BCUT2D eigenvalue weighted by Crippen LogP contribution is -2.26. The number of rotatable bonds is 2. The highest BCUT2D eigenvalue weighted by Crippen LogP contribution is 2.22. The number of pyridine rings is 1. The molecule has 0 bridgehead atoms. The molecule has 6 nitrogen and oxygen atoms in total. The van der Waals surface area contributed by atoms with Crippen LogP contribution in [0.2, 0.25) is 0 Å². The zero-order chi connectivity index (χ0) is 21.4. The third-order valence-corrected chi connectivity index (χ3v) is 5.26. The molecule has 150 valence electrons. The normalized spacial score (nSPS) is 11.9. The molecule has 0 unspecified atom stereocenters. The van der Waals surface area contributed by atoms with Gasteiger partial charge in [0.05, 0.1) is 5.39 Å². The van der Waals surface area contributed by atoms with Gasteiger partial charge in [-0.25, -0.2) is 0 Å². The van der Waals surface area contributed by atoms with E-state index in [0.29, 0.717) is 16.6 Å². The van der Waals surface area contributed by atoms with Crippen LogP contribution in [0, 0.1) is 11.8 Å². The average Bonchev–Trinajstić information content (AvgIpc) is 2.99. The standard InChI is InChI=1S/C24H22N4O2/c1-16(25)21-14-18-9-7-8-17(12-13-20-15-22(29)27(3)26(20)2)23(18)24(30)28(21)19-10-5-4-6-11-19/h4-11,14-16H,25H2,1-3H3/t16-/m0/s1. The Morgan fingerprint density at radius 1 is 0.900 bits per heavy atom. The van der Waals surface area contributed by atoms with E-state index < -0.39 is 0 Å². The molecule has 2 N–H and O–H groups in total. The first-order valence-electron chi connectivity index (χ1n) is 9.63. The molecule has 0 amide bonds. The average molecular weight is 398 g/mol. The summed E-state index contributed by atoms with van der Waals surface area (Å²) in [6.45, 7) is 1.86. The molecular formula is C24H22N4O2. The molecule has 2 aromatic heterocycles. The van der Waals surface area contributed by atoms with Crippen LogP contribution in [0.3, 0.4) is 0 Å². The predicted octanol–water partition coefficient (Wildman–Crippen LogP) is 2.45. The first kappa shape index (κ1) is 19.5. The summed E-state index contributed by atoms with van der Waals surface area (Å²) in [6.07, 6.45) is 0. The number of nitrogens with two attached hydrogens (primary N) is 1. The fraction of sp³-hybridized carbons (Fsp3) is 0.167. The van der Waals surface area contributed by atoms with Crippen LogP contribution < -0.4 is 16.9 Å². The summed E-state index contributed by atoms with van der Waals surface area (Å²) < 4.78 is 4.80. The van der Waals surface area contributed by atoms with Gasteiger partial charge in [-0.2, -0.15) is 0 Å². The molecule has 1 atom stereocenters. The van der Waals surface area contributed by atoms with E-state index in [2.05, 4.69) is 11.8 Å². The van der Waals surface area contributed by atoms with Crippen molar-refractivity contribution in [3.05, 3.63) is 98.3 Å². The maximum Gasteiger partial charge on any atom is 0.267 e. The smallest absolute Gasteiger partial charge is 0.267 e. The van der Waals surface area contributed by atoms with Gasteiger partial charge in [0.25, 0.3) is 11.1 Å². The highest BCUT2D eigenvalue weighted by molar-refractivity contribution is 5.88. The van der Waals surface area contributed by atoms with E-state index in [1.807, 2.05) is 61.5 Å². The van der Waals surface area contributed by atoms with Gasteiger partial charge in [0.15, 0.2) is 0 Å². The number of para-hydroxylation sites is 1. The van der Waals surface area contributed by atoms with Gasteiger partial charge >= 0.3 is 0 Å². The van der Waals surface area contributed by atoms with Crippen molar-refractivity contribution >= 4 is 10.8 Å². The van der Waals surface area contributed by atoms with Crippen LogP contribution in [0.5, 0.6) is 0 Å². The molecule has 0 spiro atoms. The van der Waals surface area contributed by atoms with Gasteiger partial charge in [0.1, 0.15) is 5.69 Å². The molecule has 0 radical (unpaired) electrons. The molecule has 2 heterocycles. The molecular weight excluding hydrogens is 376 g/mol. The quantitative estimate of drug-likeness (QED) is 0.527. The van der Waals surface area contributed by atoms with Gasteiger partial charge in [-0.05, 0) is 42.5 Å². The van der Waals surface area contributed by atoms with Crippen LogP contribution in [0.25, 0.3) is 16.5 Å². The van der Waals surface area contributed by atoms with Crippen molar-refractivity contribution in [1.29, 1.82) is 0 Å². The number of hydrogen-bond acceptors (Lipinski definition) is 3. The van der Waals surface area contributed by atoms with Gasteiger partial charge in [-0.1, -0.05) is 36.3 Å². The maximum atomic E-state index is 13.6. The Bertz CT molecular complexity index is 1430. The highest BCUT2D eigenvalue weighted by Gasteiger charge is 2.15. The summed E-state index contributed by atoms with van der Waals surface area (Å²) in [6, 6.07) is 18.1. The summed E-state index contributed by atoms with van der Waals surface area (Å²) >= 11 is 0. The van der Waals surface area contributed by atoms with Gasteiger partial charge in [0, 0.05) is 43.1 Å². The van der Waals surface area contributed by atoms with Crippen LogP contribution in [-0.2, 0) is 14.1 Å². The topological polar surface area (TPSA) is 75.0 Å². The molecule has 0 fully saturated rings. The Morgan fingerprint density at radius 2 is 1.63 bits per heavy atom. The molecule has 6 heteroatoms. The lowest BCUT2D eigenvalue weighted by molar-refractivity contribution is 0.574. The Labute approximate surface area is 173 Å². The molecule has 0 aliphatic rings. The van der Waals surface area contributed by atoms with Crippen LogP contribution in [0.15, 0.2) is 70.3 Å². The van der Waals surface area contributed by atoms with E-state index in [4.69, 9.17) is 5.73 Å². The van der Waals surface area contributed by atoms with Gasteiger partial charge in [-0.3, -0.25) is 23.5 Å². The van der Waals surface area contributed by atoms with Crippen LogP contribution in [0.4, 0.5) is 0 Å². The fourth-order valence-corrected chi connectivity index (χ4v) is 3.53. The summed E-state index contributed by atoms with van der Waals surface area (Å²) in [5.41, 5.74) is 8.57. The summed E-state index contributed by atoms with van der Waals surface area (Å²) in [4.78, 5) is 25.4. The summed E-state index contributed by atoms with van der Waals surface area (Å²) in [7, 11) is 3.45. The predicted molar refractivity (Wildman–Crippen MR) is 119 cm³/mol. The third kappa shape index (κ3) is 3.25. The Balaban J connectivity index is 2.00. The van der Waals surface area contributed by atoms with Crippen molar-refractivity contribution in [3.8, 4) is 17.5 Å². The largest absolute Gasteiger partial charge is 0.323 e. The van der Waals surface area contributed by atoms with Crippen molar-refractivity contribution in [2.45, 2.75) is 13.0 Å². The number of nitrogens with zero attached hydrogens (tertiary/aromatic N) is 3. The molecule has 4 aromatic rings. The highest BCUT2D eigenvalue weighted by atomic mass is 16.1. The number of aromatic nitrogens is 3.